The first-order valence-electron chi connectivity index (χ1n) is 8.93. The second-order valence-corrected chi connectivity index (χ2v) is 6.28. The summed E-state index contributed by atoms with van der Waals surface area (Å²) in [5.41, 5.74) is 0.545. The molecule has 8 heteroatoms. The van der Waals surface area contributed by atoms with Gasteiger partial charge in [0.2, 0.25) is 17.8 Å². The third-order valence-electron chi connectivity index (χ3n) is 4.45. The van der Waals surface area contributed by atoms with Crippen molar-refractivity contribution >= 4 is 17.8 Å². The zero-order valence-electron chi connectivity index (χ0n) is 15.0. The average Bonchev–Trinajstić information content (AvgIpc) is 2.70. The molecular weight excluding hydrogens is 349 g/mol. The molecule has 2 amide bonds. The topological polar surface area (TPSA) is 78.4 Å². The van der Waals surface area contributed by atoms with Crippen molar-refractivity contribution in [3.8, 4) is 0 Å². The number of carbonyl (C=O) groups is 2. The van der Waals surface area contributed by atoms with Gasteiger partial charge in [0.1, 0.15) is 12.2 Å². The van der Waals surface area contributed by atoms with E-state index in [1.165, 1.54) is 6.07 Å². The lowest BCUT2D eigenvalue weighted by Gasteiger charge is -2.34. The number of nitrogens with zero attached hydrogens (tertiary/aromatic N) is 4. The van der Waals surface area contributed by atoms with Gasteiger partial charge in [0, 0.05) is 45.1 Å². The van der Waals surface area contributed by atoms with Gasteiger partial charge in [0.15, 0.2) is 0 Å². The minimum absolute atomic E-state index is 0.195. The highest BCUT2D eigenvalue weighted by Gasteiger charge is 2.23. The van der Waals surface area contributed by atoms with E-state index in [2.05, 4.69) is 15.3 Å². The molecule has 0 bridgehead atoms. The number of hydrogen-bond acceptors (Lipinski definition) is 5. The molecule has 142 valence electrons. The van der Waals surface area contributed by atoms with E-state index in [-0.39, 0.29) is 24.1 Å². The van der Waals surface area contributed by atoms with Gasteiger partial charge in [-0.3, -0.25) is 9.59 Å². The number of amides is 2. The summed E-state index contributed by atoms with van der Waals surface area (Å²) >= 11 is 0. The molecule has 1 aromatic heterocycles. The zero-order valence-corrected chi connectivity index (χ0v) is 15.0. The first kappa shape index (κ1) is 18.8. The highest BCUT2D eigenvalue weighted by molar-refractivity contribution is 5.96. The molecule has 1 aliphatic rings. The molecule has 1 aromatic carbocycles. The normalized spacial score (nSPS) is 14.1. The number of hydrogen-bond donors (Lipinski definition) is 1. The fourth-order valence-electron chi connectivity index (χ4n) is 2.96. The van der Waals surface area contributed by atoms with Crippen LogP contribution >= 0.6 is 0 Å². The Morgan fingerprint density at radius 1 is 1.04 bits per heavy atom. The van der Waals surface area contributed by atoms with Crippen molar-refractivity contribution in [1.82, 2.24) is 20.2 Å². The lowest BCUT2D eigenvalue weighted by molar-refractivity contribution is -0.136. The molecule has 2 aromatic rings. The lowest BCUT2D eigenvalue weighted by atomic mass is 10.1. The molecule has 1 N–H and O–H groups in total. The van der Waals surface area contributed by atoms with Gasteiger partial charge in [-0.1, -0.05) is 18.2 Å². The predicted octanol–water partition coefficient (Wildman–Crippen LogP) is 1.01. The molecule has 1 aliphatic heterocycles. The van der Waals surface area contributed by atoms with Crippen molar-refractivity contribution in [2.24, 2.45) is 0 Å². The first-order valence-corrected chi connectivity index (χ1v) is 8.93. The van der Waals surface area contributed by atoms with Gasteiger partial charge in [-0.2, -0.15) is 0 Å². The number of piperazine rings is 1. The maximum absolute atomic E-state index is 13.5. The highest BCUT2D eigenvalue weighted by Crippen LogP contribution is 2.10. The smallest absolute Gasteiger partial charge is 0.232 e. The molecule has 0 saturated carbocycles. The fourth-order valence-corrected chi connectivity index (χ4v) is 2.96. The Labute approximate surface area is 157 Å². The van der Waals surface area contributed by atoms with Crippen LogP contribution in [0, 0.1) is 5.82 Å². The Morgan fingerprint density at radius 2 is 1.74 bits per heavy atom. The van der Waals surface area contributed by atoms with Crippen LogP contribution in [0.15, 0.2) is 42.7 Å². The second kappa shape index (κ2) is 9.07. The van der Waals surface area contributed by atoms with Crippen LogP contribution in [-0.2, 0) is 16.0 Å². The van der Waals surface area contributed by atoms with Gasteiger partial charge in [-0.25, -0.2) is 14.4 Å². The lowest BCUT2D eigenvalue weighted by Crippen LogP contribution is -2.50. The Hall–Kier alpha value is -3.03. The highest BCUT2D eigenvalue weighted by atomic mass is 19.1. The van der Waals surface area contributed by atoms with Crippen LogP contribution in [0.25, 0.3) is 0 Å². The van der Waals surface area contributed by atoms with Crippen molar-refractivity contribution < 1.29 is 14.0 Å². The number of nitrogens with one attached hydrogen (secondary N) is 1. The average molecular weight is 371 g/mol. The van der Waals surface area contributed by atoms with Crippen molar-refractivity contribution in [1.29, 1.82) is 0 Å². The SMILES string of the molecule is O=C(CC(=O)N1CCN(c2ncccn2)CC1)NCCc1ccccc1F. The summed E-state index contributed by atoms with van der Waals surface area (Å²) in [4.78, 5) is 36.4. The van der Waals surface area contributed by atoms with E-state index < -0.39 is 0 Å². The van der Waals surface area contributed by atoms with Gasteiger partial charge in [0.25, 0.3) is 0 Å². The Kier molecular flexibility index (Phi) is 6.30. The van der Waals surface area contributed by atoms with Crippen LogP contribution in [0.5, 0.6) is 0 Å². The van der Waals surface area contributed by atoms with Crippen LogP contribution < -0.4 is 10.2 Å². The fraction of sp³-hybridized carbons (Fsp3) is 0.368. The maximum Gasteiger partial charge on any atom is 0.232 e. The Balaban J connectivity index is 1.39. The molecule has 1 saturated heterocycles. The molecule has 0 aliphatic carbocycles. The number of rotatable bonds is 6. The molecule has 0 spiro atoms. The van der Waals surface area contributed by atoms with Crippen molar-refractivity contribution in [2.45, 2.75) is 12.8 Å². The quantitative estimate of drug-likeness (QED) is 0.767. The zero-order chi connectivity index (χ0) is 19.1. The first-order chi connectivity index (χ1) is 13.1. The summed E-state index contributed by atoms with van der Waals surface area (Å²) in [7, 11) is 0. The number of halogens is 1. The van der Waals surface area contributed by atoms with Gasteiger partial charge >= 0.3 is 0 Å². The van der Waals surface area contributed by atoms with E-state index in [1.54, 1.807) is 41.6 Å². The van der Waals surface area contributed by atoms with E-state index in [0.29, 0.717) is 50.7 Å². The second-order valence-electron chi connectivity index (χ2n) is 6.28. The summed E-state index contributed by atoms with van der Waals surface area (Å²) in [5.74, 6) is -0.184. The summed E-state index contributed by atoms with van der Waals surface area (Å²) in [6.07, 6.45) is 3.57. The van der Waals surface area contributed by atoms with E-state index in [9.17, 15) is 14.0 Å². The molecule has 3 rings (SSSR count). The molecule has 0 unspecified atom stereocenters. The van der Waals surface area contributed by atoms with Crippen LogP contribution in [0.3, 0.4) is 0 Å². The molecule has 27 heavy (non-hydrogen) atoms. The monoisotopic (exact) mass is 371 g/mol. The van der Waals surface area contributed by atoms with Crippen LogP contribution in [0.2, 0.25) is 0 Å². The van der Waals surface area contributed by atoms with Crippen LogP contribution in [0.1, 0.15) is 12.0 Å². The van der Waals surface area contributed by atoms with Crippen molar-refractivity contribution in [3.63, 3.8) is 0 Å². The Bertz CT molecular complexity index is 779. The number of carbonyl (C=O) groups excluding carboxylic acids is 2. The summed E-state index contributed by atoms with van der Waals surface area (Å²) in [6, 6.07) is 8.21. The molecule has 0 atom stereocenters. The molecule has 7 nitrogen and oxygen atoms in total. The number of anilines is 1. The van der Waals surface area contributed by atoms with Gasteiger partial charge in [0.05, 0.1) is 0 Å². The molecule has 2 heterocycles. The third-order valence-corrected chi connectivity index (χ3v) is 4.45. The molecule has 1 fully saturated rings. The Morgan fingerprint density at radius 3 is 2.44 bits per heavy atom. The van der Waals surface area contributed by atoms with E-state index in [1.807, 2.05) is 4.90 Å². The van der Waals surface area contributed by atoms with E-state index in [4.69, 9.17) is 0 Å². The van der Waals surface area contributed by atoms with Crippen LogP contribution in [0.4, 0.5) is 10.3 Å². The summed E-state index contributed by atoms with van der Waals surface area (Å²) in [6.45, 7) is 2.61. The van der Waals surface area contributed by atoms with Gasteiger partial charge < -0.3 is 15.1 Å². The van der Waals surface area contributed by atoms with Gasteiger partial charge in [-0.05, 0) is 24.1 Å². The largest absolute Gasteiger partial charge is 0.355 e. The van der Waals surface area contributed by atoms with Crippen molar-refractivity contribution in [3.05, 3.63) is 54.1 Å². The molecule has 0 radical (unpaired) electrons. The predicted molar refractivity (Wildman–Crippen MR) is 98.6 cm³/mol. The number of benzene rings is 1. The van der Waals surface area contributed by atoms with Gasteiger partial charge in [-0.15, -0.1) is 0 Å². The van der Waals surface area contributed by atoms with E-state index >= 15 is 0 Å². The third kappa shape index (κ3) is 5.22. The summed E-state index contributed by atoms with van der Waals surface area (Å²) in [5, 5.41) is 2.68. The summed E-state index contributed by atoms with van der Waals surface area (Å²) < 4.78 is 13.5. The maximum atomic E-state index is 13.5. The number of aromatic nitrogens is 2. The van der Waals surface area contributed by atoms with Crippen LogP contribution in [-0.4, -0.2) is 59.4 Å². The standard InChI is InChI=1S/C19H22FN5O2/c20-16-5-2-1-4-15(16)6-9-21-17(26)14-18(27)24-10-12-25(13-11-24)19-22-7-3-8-23-19/h1-5,7-8H,6,9-14H2,(H,21,26). The minimum Gasteiger partial charge on any atom is -0.355 e. The molecular formula is C19H22FN5O2. The van der Waals surface area contributed by atoms with Crippen molar-refractivity contribution in [2.75, 3.05) is 37.6 Å². The van der Waals surface area contributed by atoms with E-state index in [0.717, 1.165) is 0 Å². The minimum atomic E-state index is -0.342.